The molecule has 3 N–H and O–H groups in total. The number of methoxy groups -OCH3 is 1. The first-order chi connectivity index (χ1) is 11.9. The molecule has 0 radical (unpaired) electrons. The number of hydrogen-bond acceptors (Lipinski definition) is 6. The molecule has 1 aromatic rings. The lowest BCUT2D eigenvalue weighted by molar-refractivity contribution is -0.139. The zero-order valence-electron chi connectivity index (χ0n) is 13.8. The molecule has 1 aliphatic heterocycles. The van der Waals surface area contributed by atoms with Crippen molar-refractivity contribution in [2.24, 2.45) is 5.73 Å². The van der Waals surface area contributed by atoms with Gasteiger partial charge in [-0.15, -0.1) is 0 Å². The maximum atomic E-state index is 12.7. The number of ether oxygens (including phenoxy) is 3. The molecule has 0 spiro atoms. The topological polar surface area (TPSA) is 128 Å². The quantitative estimate of drug-likeness (QED) is 0.700. The molecule has 9 heteroatoms. The first-order valence-corrected chi connectivity index (χ1v) is 7.62. The minimum absolute atomic E-state index is 0.176. The molecule has 1 fully saturated rings. The highest BCUT2D eigenvalue weighted by molar-refractivity contribution is 5.95. The second-order valence-electron chi connectivity index (χ2n) is 5.45. The molecule has 2 rings (SSSR count). The summed E-state index contributed by atoms with van der Waals surface area (Å²) in [6, 6.07) is 3.97. The third kappa shape index (κ3) is 4.83. The van der Waals surface area contributed by atoms with Crippen molar-refractivity contribution in [1.29, 1.82) is 0 Å². The maximum Gasteiger partial charge on any atom is 0.305 e. The standard InChI is InChI=1S/C16H20N2O7/c1-23-13-6-10(2-3-12(13)25-9-14(17)19)16(22)18-4-5-24-8-11(18)7-15(20)21/h2-3,6,11H,4-5,7-9H2,1H3,(H2,17,19)(H,20,21). The number of carboxylic acid groups (broad SMARTS) is 1. The van der Waals surface area contributed by atoms with Gasteiger partial charge in [0.25, 0.3) is 11.8 Å². The van der Waals surface area contributed by atoms with Gasteiger partial charge < -0.3 is 30.0 Å². The number of benzene rings is 1. The maximum absolute atomic E-state index is 12.7. The van der Waals surface area contributed by atoms with E-state index in [1.54, 1.807) is 0 Å². The van der Waals surface area contributed by atoms with Gasteiger partial charge in [-0.2, -0.15) is 0 Å². The highest BCUT2D eigenvalue weighted by atomic mass is 16.5. The molecule has 2 amide bonds. The van der Waals surface area contributed by atoms with E-state index in [2.05, 4.69) is 0 Å². The Hall–Kier alpha value is -2.81. The van der Waals surface area contributed by atoms with Crippen molar-refractivity contribution in [1.82, 2.24) is 4.90 Å². The van der Waals surface area contributed by atoms with Crippen LogP contribution >= 0.6 is 0 Å². The molecule has 1 aliphatic rings. The first kappa shape index (κ1) is 18.5. The van der Waals surface area contributed by atoms with Crippen molar-refractivity contribution in [3.63, 3.8) is 0 Å². The second kappa shape index (κ2) is 8.34. The molecule has 1 aromatic carbocycles. The number of primary amides is 1. The predicted molar refractivity (Wildman–Crippen MR) is 85.6 cm³/mol. The Kier molecular flexibility index (Phi) is 6.18. The molecule has 0 aromatic heterocycles. The molecule has 1 atom stereocenters. The van der Waals surface area contributed by atoms with Crippen LogP contribution in [0.5, 0.6) is 11.5 Å². The van der Waals surface area contributed by atoms with E-state index >= 15 is 0 Å². The number of carbonyl (C=O) groups excluding carboxylic acids is 2. The molecule has 25 heavy (non-hydrogen) atoms. The van der Waals surface area contributed by atoms with Gasteiger partial charge in [0, 0.05) is 12.1 Å². The highest BCUT2D eigenvalue weighted by Gasteiger charge is 2.30. The zero-order chi connectivity index (χ0) is 18.4. The number of nitrogens with zero attached hydrogens (tertiary/aromatic N) is 1. The number of aliphatic carboxylic acids is 1. The Morgan fingerprint density at radius 1 is 1.36 bits per heavy atom. The first-order valence-electron chi connectivity index (χ1n) is 7.62. The summed E-state index contributed by atoms with van der Waals surface area (Å²) in [7, 11) is 1.41. The molecule has 0 saturated carbocycles. The van der Waals surface area contributed by atoms with E-state index in [1.165, 1.54) is 30.2 Å². The Morgan fingerprint density at radius 3 is 2.76 bits per heavy atom. The van der Waals surface area contributed by atoms with Gasteiger partial charge in [-0.05, 0) is 18.2 Å². The number of nitrogens with two attached hydrogens (primary N) is 1. The molecular weight excluding hydrogens is 332 g/mol. The van der Waals surface area contributed by atoms with Crippen LogP contribution in [0.4, 0.5) is 0 Å². The van der Waals surface area contributed by atoms with Crippen LogP contribution in [-0.2, 0) is 14.3 Å². The lowest BCUT2D eigenvalue weighted by atomic mass is 10.1. The number of rotatable bonds is 7. The number of carboxylic acids is 1. The Labute approximate surface area is 144 Å². The van der Waals surface area contributed by atoms with Crippen molar-refractivity contribution in [2.75, 3.05) is 33.5 Å². The third-order valence-corrected chi connectivity index (χ3v) is 3.68. The van der Waals surface area contributed by atoms with Gasteiger partial charge in [-0.1, -0.05) is 0 Å². The summed E-state index contributed by atoms with van der Waals surface area (Å²) in [5.74, 6) is -1.40. The smallest absolute Gasteiger partial charge is 0.305 e. The van der Waals surface area contributed by atoms with Gasteiger partial charge in [0.15, 0.2) is 18.1 Å². The van der Waals surface area contributed by atoms with E-state index in [0.29, 0.717) is 18.7 Å². The van der Waals surface area contributed by atoms with Crippen LogP contribution < -0.4 is 15.2 Å². The zero-order valence-corrected chi connectivity index (χ0v) is 13.8. The molecule has 136 valence electrons. The Morgan fingerprint density at radius 2 is 2.12 bits per heavy atom. The van der Waals surface area contributed by atoms with E-state index in [9.17, 15) is 14.4 Å². The van der Waals surface area contributed by atoms with Gasteiger partial charge >= 0.3 is 5.97 Å². The number of carbonyl (C=O) groups is 3. The molecule has 1 unspecified atom stereocenters. The van der Waals surface area contributed by atoms with Crippen molar-refractivity contribution in [3.8, 4) is 11.5 Å². The van der Waals surface area contributed by atoms with Crippen LogP contribution in [0.1, 0.15) is 16.8 Å². The van der Waals surface area contributed by atoms with Gasteiger partial charge in [0.2, 0.25) is 0 Å². The van der Waals surface area contributed by atoms with Crippen LogP contribution in [-0.4, -0.2) is 67.3 Å². The molecule has 0 aliphatic carbocycles. The fourth-order valence-electron chi connectivity index (χ4n) is 2.53. The third-order valence-electron chi connectivity index (χ3n) is 3.68. The Balaban J connectivity index is 2.19. The van der Waals surface area contributed by atoms with E-state index in [0.717, 1.165) is 0 Å². The summed E-state index contributed by atoms with van der Waals surface area (Å²) >= 11 is 0. The number of morpholine rings is 1. The number of hydrogen-bond donors (Lipinski definition) is 2. The van der Waals surface area contributed by atoms with Crippen LogP contribution in [0.3, 0.4) is 0 Å². The molecule has 1 heterocycles. The predicted octanol–water partition coefficient (Wildman–Crippen LogP) is -0.125. The average Bonchev–Trinajstić information content (AvgIpc) is 2.59. The van der Waals surface area contributed by atoms with E-state index in [1.807, 2.05) is 0 Å². The minimum Gasteiger partial charge on any atom is -0.493 e. The number of amides is 2. The summed E-state index contributed by atoms with van der Waals surface area (Å²) in [4.78, 5) is 36.0. The van der Waals surface area contributed by atoms with Gasteiger partial charge in [0.05, 0.1) is 32.8 Å². The summed E-state index contributed by atoms with van der Waals surface area (Å²) in [5, 5.41) is 8.99. The van der Waals surface area contributed by atoms with Gasteiger partial charge in [-0.25, -0.2) is 0 Å². The lowest BCUT2D eigenvalue weighted by Crippen LogP contribution is -2.49. The SMILES string of the molecule is COc1cc(C(=O)N2CCOCC2CC(=O)O)ccc1OCC(N)=O. The highest BCUT2D eigenvalue weighted by Crippen LogP contribution is 2.29. The van der Waals surface area contributed by atoms with Crippen molar-refractivity contribution in [3.05, 3.63) is 23.8 Å². The second-order valence-corrected chi connectivity index (χ2v) is 5.45. The van der Waals surface area contributed by atoms with Crippen LogP contribution in [0, 0.1) is 0 Å². The van der Waals surface area contributed by atoms with E-state index in [-0.39, 0.29) is 37.0 Å². The largest absolute Gasteiger partial charge is 0.493 e. The van der Waals surface area contributed by atoms with Gasteiger partial charge in [0.1, 0.15) is 0 Å². The molecule has 9 nitrogen and oxygen atoms in total. The van der Waals surface area contributed by atoms with Crippen molar-refractivity contribution >= 4 is 17.8 Å². The van der Waals surface area contributed by atoms with Gasteiger partial charge in [-0.3, -0.25) is 14.4 Å². The minimum atomic E-state index is -0.999. The average molecular weight is 352 g/mol. The van der Waals surface area contributed by atoms with Crippen LogP contribution in [0.2, 0.25) is 0 Å². The Bertz CT molecular complexity index is 662. The van der Waals surface area contributed by atoms with Crippen molar-refractivity contribution in [2.45, 2.75) is 12.5 Å². The fourth-order valence-corrected chi connectivity index (χ4v) is 2.53. The lowest BCUT2D eigenvalue weighted by Gasteiger charge is -2.35. The monoisotopic (exact) mass is 352 g/mol. The normalized spacial score (nSPS) is 17.0. The van der Waals surface area contributed by atoms with E-state index < -0.39 is 17.9 Å². The summed E-state index contributed by atoms with van der Waals surface area (Å²) < 4.78 is 15.7. The molecule has 0 bridgehead atoms. The molecular formula is C16H20N2O7. The summed E-state index contributed by atoms with van der Waals surface area (Å²) in [6.07, 6.45) is -0.192. The van der Waals surface area contributed by atoms with Crippen molar-refractivity contribution < 1.29 is 33.7 Å². The summed E-state index contributed by atoms with van der Waals surface area (Å²) in [5.41, 5.74) is 5.36. The van der Waals surface area contributed by atoms with E-state index in [4.69, 9.17) is 25.1 Å². The van der Waals surface area contributed by atoms with Crippen LogP contribution in [0.25, 0.3) is 0 Å². The molecule has 1 saturated heterocycles. The van der Waals surface area contributed by atoms with Crippen LogP contribution in [0.15, 0.2) is 18.2 Å². The fraction of sp³-hybridized carbons (Fsp3) is 0.438. The summed E-state index contributed by atoms with van der Waals surface area (Å²) in [6.45, 7) is 0.514.